The maximum atomic E-state index is 14.6. The van der Waals surface area contributed by atoms with Crippen molar-refractivity contribution in [1.29, 1.82) is 0 Å². The molecule has 0 N–H and O–H groups in total. The fourth-order valence-corrected chi connectivity index (χ4v) is 4.44. The zero-order chi connectivity index (χ0) is 21.6. The number of fused-ring (bicyclic) bond motifs is 1. The van der Waals surface area contributed by atoms with Crippen molar-refractivity contribution in [2.75, 3.05) is 0 Å². The number of halogens is 1. The van der Waals surface area contributed by atoms with Gasteiger partial charge in [0.05, 0.1) is 16.2 Å². The summed E-state index contributed by atoms with van der Waals surface area (Å²) in [5, 5.41) is 11.5. The monoisotopic (exact) mass is 422 g/mol. The van der Waals surface area contributed by atoms with Crippen LogP contribution in [0.15, 0.2) is 59.4 Å². The normalized spacial score (nSPS) is 11.0. The third-order valence-corrected chi connectivity index (χ3v) is 5.99. The van der Waals surface area contributed by atoms with Crippen LogP contribution in [0.1, 0.15) is 27.0 Å². The van der Waals surface area contributed by atoms with Gasteiger partial charge in [-0.2, -0.15) is 0 Å². The number of thiophene rings is 1. The molecule has 0 radical (unpaired) electrons. The first-order valence-electron chi connectivity index (χ1n) is 8.99. The van der Waals surface area contributed by atoms with E-state index in [4.69, 9.17) is 0 Å². The lowest BCUT2D eigenvalue weighted by atomic mass is 10.00. The zero-order valence-corrected chi connectivity index (χ0v) is 16.8. The van der Waals surface area contributed by atoms with Gasteiger partial charge in [-0.1, -0.05) is 29.8 Å². The van der Waals surface area contributed by atoms with E-state index >= 15 is 0 Å². The molecule has 0 aliphatic heterocycles. The third kappa shape index (κ3) is 3.11. The van der Waals surface area contributed by atoms with Crippen molar-refractivity contribution < 1.29 is 14.1 Å². The number of hydrogen-bond acceptors (Lipinski definition) is 5. The summed E-state index contributed by atoms with van der Waals surface area (Å²) >= 11 is 0.725. The maximum absolute atomic E-state index is 14.6. The first kappa shape index (κ1) is 19.7. The summed E-state index contributed by atoms with van der Waals surface area (Å²) in [5.41, 5.74) is 0.925. The van der Waals surface area contributed by atoms with Gasteiger partial charge >= 0.3 is 5.00 Å². The number of hydrogen-bond donors (Lipinski definition) is 0. The Hall–Kier alpha value is -3.65. The van der Waals surface area contributed by atoms with Crippen molar-refractivity contribution >= 4 is 32.3 Å². The van der Waals surface area contributed by atoms with E-state index in [2.05, 4.69) is 0 Å². The lowest BCUT2D eigenvalue weighted by Gasteiger charge is -2.08. The quantitative estimate of drug-likeness (QED) is 0.265. The SMILES string of the molecule is Cc1ccc(-n2c(=O)ccc3c(C(=O)c4cccc(C)c4F)c([N+](=O)[O-])sc32)cc1. The number of carbonyl (C=O) groups excluding carboxylic acids is 1. The summed E-state index contributed by atoms with van der Waals surface area (Å²) in [6.45, 7) is 3.41. The largest absolute Gasteiger partial charge is 0.337 e. The second-order valence-electron chi connectivity index (χ2n) is 6.87. The molecule has 0 saturated carbocycles. The molecule has 2 heterocycles. The van der Waals surface area contributed by atoms with Gasteiger partial charge in [0.1, 0.15) is 16.2 Å². The molecule has 0 spiro atoms. The molecule has 6 nitrogen and oxygen atoms in total. The minimum absolute atomic E-state index is 0.217. The highest BCUT2D eigenvalue weighted by atomic mass is 32.1. The fourth-order valence-electron chi connectivity index (χ4n) is 3.31. The van der Waals surface area contributed by atoms with Gasteiger partial charge in [0.15, 0.2) is 0 Å². The molecule has 0 atom stereocenters. The van der Waals surface area contributed by atoms with Crippen LogP contribution >= 0.6 is 11.3 Å². The van der Waals surface area contributed by atoms with Crippen LogP contribution in [0.3, 0.4) is 0 Å². The molecule has 4 rings (SSSR count). The second-order valence-corrected chi connectivity index (χ2v) is 7.84. The first-order valence-corrected chi connectivity index (χ1v) is 9.81. The summed E-state index contributed by atoms with van der Waals surface area (Å²) in [4.78, 5) is 37.1. The standard InChI is InChI=1S/C22H15FN2O4S/c1-12-6-8-14(9-7-12)24-17(26)11-10-15-18(22(25(28)29)30-21(15)24)20(27)16-5-3-4-13(2)19(16)23/h3-11H,1-2H3. The molecule has 0 aliphatic rings. The molecule has 0 saturated heterocycles. The van der Waals surface area contributed by atoms with E-state index in [1.807, 2.05) is 19.1 Å². The molecule has 0 amide bonds. The average molecular weight is 422 g/mol. The van der Waals surface area contributed by atoms with Gasteiger partial charge in [0.25, 0.3) is 5.56 Å². The zero-order valence-electron chi connectivity index (χ0n) is 16.0. The highest BCUT2D eigenvalue weighted by Gasteiger charge is 2.31. The van der Waals surface area contributed by atoms with Crippen molar-refractivity contribution in [2.45, 2.75) is 13.8 Å². The molecule has 2 aromatic heterocycles. The smallest absolute Gasteiger partial charge is 0.288 e. The average Bonchev–Trinajstić information content (AvgIpc) is 3.10. The van der Waals surface area contributed by atoms with Crippen molar-refractivity contribution in [2.24, 2.45) is 0 Å². The molecule has 0 unspecified atom stereocenters. The molecule has 2 aromatic carbocycles. The Kier molecular flexibility index (Phi) is 4.79. The second kappa shape index (κ2) is 7.31. The number of aryl methyl sites for hydroxylation is 2. The van der Waals surface area contributed by atoms with Crippen LogP contribution < -0.4 is 5.56 Å². The Bertz CT molecular complexity index is 1390. The molecular formula is C22H15FN2O4S. The molecule has 0 bridgehead atoms. The van der Waals surface area contributed by atoms with Gasteiger partial charge in [-0.15, -0.1) is 0 Å². The van der Waals surface area contributed by atoms with Gasteiger partial charge in [-0.25, -0.2) is 4.39 Å². The fraction of sp³-hybridized carbons (Fsp3) is 0.0909. The number of benzene rings is 2. The Morgan fingerprint density at radius 2 is 1.77 bits per heavy atom. The summed E-state index contributed by atoms with van der Waals surface area (Å²) in [6.07, 6.45) is 0. The molecular weight excluding hydrogens is 407 g/mol. The highest BCUT2D eigenvalue weighted by Crippen LogP contribution is 2.39. The topological polar surface area (TPSA) is 82.2 Å². The van der Waals surface area contributed by atoms with Crippen molar-refractivity contribution in [3.63, 3.8) is 0 Å². The Morgan fingerprint density at radius 1 is 1.07 bits per heavy atom. The van der Waals surface area contributed by atoms with Crippen LogP contribution in [0.5, 0.6) is 0 Å². The van der Waals surface area contributed by atoms with E-state index in [9.17, 15) is 24.1 Å². The van der Waals surface area contributed by atoms with E-state index in [0.717, 1.165) is 16.9 Å². The summed E-state index contributed by atoms with van der Waals surface area (Å²) in [7, 11) is 0. The van der Waals surface area contributed by atoms with Crippen LogP contribution in [-0.4, -0.2) is 15.3 Å². The van der Waals surface area contributed by atoms with Crippen LogP contribution in [0.4, 0.5) is 9.39 Å². The van der Waals surface area contributed by atoms with E-state index in [1.54, 1.807) is 12.1 Å². The maximum Gasteiger partial charge on any atom is 0.337 e. The first-order chi connectivity index (χ1) is 14.3. The van der Waals surface area contributed by atoms with Gasteiger partial charge in [-0.3, -0.25) is 24.3 Å². The minimum atomic E-state index is -0.789. The third-order valence-electron chi connectivity index (χ3n) is 4.84. The predicted octanol–water partition coefficient (Wildman–Crippen LogP) is 4.95. The van der Waals surface area contributed by atoms with E-state index in [1.165, 1.54) is 41.8 Å². The molecule has 30 heavy (non-hydrogen) atoms. The number of pyridine rings is 1. The highest BCUT2D eigenvalue weighted by molar-refractivity contribution is 7.22. The summed E-state index contributed by atoms with van der Waals surface area (Å²) < 4.78 is 15.9. The molecule has 0 aliphatic carbocycles. The van der Waals surface area contributed by atoms with E-state index in [0.29, 0.717) is 5.69 Å². The number of nitrogens with zero attached hydrogens (tertiary/aromatic N) is 2. The molecule has 8 heteroatoms. The van der Waals surface area contributed by atoms with Gasteiger partial charge in [0, 0.05) is 11.5 Å². The van der Waals surface area contributed by atoms with E-state index in [-0.39, 0.29) is 32.5 Å². The minimum Gasteiger partial charge on any atom is -0.288 e. The van der Waals surface area contributed by atoms with Crippen molar-refractivity contribution in [3.05, 3.63) is 103 Å². The van der Waals surface area contributed by atoms with Crippen molar-refractivity contribution in [1.82, 2.24) is 4.57 Å². The lowest BCUT2D eigenvalue weighted by Crippen LogP contribution is -2.16. The number of aromatic nitrogens is 1. The number of carbonyl (C=O) groups is 1. The van der Waals surface area contributed by atoms with Gasteiger partial charge in [-0.05, 0) is 55.0 Å². The Morgan fingerprint density at radius 3 is 2.43 bits per heavy atom. The van der Waals surface area contributed by atoms with Gasteiger partial charge < -0.3 is 0 Å². The van der Waals surface area contributed by atoms with Gasteiger partial charge in [0.2, 0.25) is 5.78 Å². The molecule has 4 aromatic rings. The summed E-state index contributed by atoms with van der Waals surface area (Å²) in [5.74, 6) is -1.51. The Balaban J connectivity index is 2.05. The molecule has 0 fully saturated rings. The Labute approximate surface area is 174 Å². The van der Waals surface area contributed by atoms with Crippen LogP contribution in [0.25, 0.3) is 15.9 Å². The molecule has 150 valence electrons. The lowest BCUT2D eigenvalue weighted by molar-refractivity contribution is -0.380. The van der Waals surface area contributed by atoms with Crippen LogP contribution in [-0.2, 0) is 0 Å². The van der Waals surface area contributed by atoms with Crippen LogP contribution in [0, 0.1) is 29.8 Å². The van der Waals surface area contributed by atoms with Crippen molar-refractivity contribution in [3.8, 4) is 5.69 Å². The predicted molar refractivity (Wildman–Crippen MR) is 113 cm³/mol. The summed E-state index contributed by atoms with van der Waals surface area (Å²) in [6, 6.07) is 14.1. The number of rotatable bonds is 4. The van der Waals surface area contributed by atoms with E-state index < -0.39 is 21.5 Å². The van der Waals surface area contributed by atoms with Crippen LogP contribution in [0.2, 0.25) is 0 Å². The number of ketones is 1. The number of nitro groups is 1.